The van der Waals surface area contributed by atoms with Crippen LogP contribution in [0, 0.1) is 0 Å². The van der Waals surface area contributed by atoms with Crippen LogP contribution in [0.2, 0.25) is 5.02 Å². The average molecular weight is 482 g/mol. The minimum Gasteiger partial charge on any atom is -0.494 e. The summed E-state index contributed by atoms with van der Waals surface area (Å²) in [6.45, 7) is 9.86. The molecule has 1 aliphatic rings. The molecule has 0 spiro atoms. The largest absolute Gasteiger partial charge is 0.494 e. The van der Waals surface area contributed by atoms with Crippen LogP contribution in [0.4, 0.5) is 0 Å². The van der Waals surface area contributed by atoms with E-state index in [2.05, 4.69) is 30.9 Å². The Morgan fingerprint density at radius 1 is 1.06 bits per heavy atom. The molecule has 0 aliphatic carbocycles. The minimum atomic E-state index is -0.719. The number of rotatable bonds is 11. The monoisotopic (exact) mass is 481 g/mol. The zero-order chi connectivity index (χ0) is 23.0. The average Bonchev–Trinajstić information content (AvgIpc) is 2.81. The molecule has 1 fully saturated rings. The second-order valence-electron chi connectivity index (χ2n) is 8.57. The van der Waals surface area contributed by atoms with E-state index in [0.717, 1.165) is 50.6 Å². The summed E-state index contributed by atoms with van der Waals surface area (Å²) in [4.78, 5) is 2.42. The van der Waals surface area contributed by atoms with Gasteiger partial charge >= 0.3 is 0 Å². The molecular formula is C25H33Cl2NO4. The van der Waals surface area contributed by atoms with Gasteiger partial charge in [-0.15, -0.1) is 11.6 Å². The van der Waals surface area contributed by atoms with Gasteiger partial charge in [0.1, 0.15) is 24.2 Å². The molecule has 0 amide bonds. The fraction of sp³-hybridized carbons (Fsp3) is 0.520. The van der Waals surface area contributed by atoms with Crippen LogP contribution in [0.15, 0.2) is 42.5 Å². The standard InChI is InChI=1S/C25H33Cl2NO4/c1-25(2,20-6-9-24(23(27)16-20)32-18-21(29)17-26)19-4-7-22(8-5-19)31-13-3-10-28-11-14-30-15-12-28/h4-9,16,21,29H,3,10-15,17-18H2,1-2H3. The lowest BCUT2D eigenvalue weighted by Crippen LogP contribution is -2.37. The molecule has 2 aromatic rings. The molecule has 32 heavy (non-hydrogen) atoms. The summed E-state index contributed by atoms with van der Waals surface area (Å²) >= 11 is 12.0. The number of hydrogen-bond donors (Lipinski definition) is 1. The number of nitrogens with zero attached hydrogens (tertiary/aromatic N) is 1. The summed E-state index contributed by atoms with van der Waals surface area (Å²) in [6.07, 6.45) is 0.284. The molecule has 1 atom stereocenters. The highest BCUT2D eigenvalue weighted by molar-refractivity contribution is 6.32. The number of halogens is 2. The van der Waals surface area contributed by atoms with Crippen molar-refractivity contribution in [1.29, 1.82) is 0 Å². The van der Waals surface area contributed by atoms with Crippen molar-refractivity contribution < 1.29 is 19.3 Å². The highest BCUT2D eigenvalue weighted by atomic mass is 35.5. The Bertz CT molecular complexity index is 838. The first-order valence-electron chi connectivity index (χ1n) is 11.1. The molecule has 7 heteroatoms. The fourth-order valence-electron chi connectivity index (χ4n) is 3.67. The molecule has 0 bridgehead atoms. The number of aliphatic hydroxyl groups excluding tert-OH is 1. The van der Waals surface area contributed by atoms with Gasteiger partial charge in [-0.3, -0.25) is 4.90 Å². The van der Waals surface area contributed by atoms with Crippen molar-refractivity contribution in [2.45, 2.75) is 31.8 Å². The van der Waals surface area contributed by atoms with E-state index in [0.29, 0.717) is 17.4 Å². The van der Waals surface area contributed by atoms with Gasteiger partial charge in [0.2, 0.25) is 0 Å². The van der Waals surface area contributed by atoms with Crippen molar-refractivity contribution in [1.82, 2.24) is 4.90 Å². The topological polar surface area (TPSA) is 51.2 Å². The van der Waals surface area contributed by atoms with Gasteiger partial charge in [-0.2, -0.15) is 0 Å². The summed E-state index contributed by atoms with van der Waals surface area (Å²) in [5, 5.41) is 10.1. The molecule has 5 nitrogen and oxygen atoms in total. The maximum Gasteiger partial charge on any atom is 0.138 e. The Kier molecular flexibility index (Phi) is 9.50. The number of aliphatic hydroxyl groups is 1. The molecule has 0 radical (unpaired) electrons. The van der Waals surface area contributed by atoms with Gasteiger partial charge in [-0.1, -0.05) is 43.6 Å². The van der Waals surface area contributed by atoms with Gasteiger partial charge in [0, 0.05) is 25.0 Å². The lowest BCUT2D eigenvalue weighted by molar-refractivity contribution is 0.0358. The van der Waals surface area contributed by atoms with Crippen LogP contribution in [0.3, 0.4) is 0 Å². The van der Waals surface area contributed by atoms with E-state index in [-0.39, 0.29) is 17.9 Å². The van der Waals surface area contributed by atoms with Gasteiger partial charge in [-0.25, -0.2) is 0 Å². The van der Waals surface area contributed by atoms with Crippen molar-refractivity contribution in [3.05, 3.63) is 58.6 Å². The van der Waals surface area contributed by atoms with Gasteiger partial charge in [-0.05, 0) is 41.8 Å². The summed E-state index contributed by atoms with van der Waals surface area (Å²) in [5.41, 5.74) is 2.00. The fourth-order valence-corrected chi connectivity index (χ4v) is 4.00. The van der Waals surface area contributed by atoms with Crippen LogP contribution in [-0.2, 0) is 10.2 Å². The molecular weight excluding hydrogens is 449 g/mol. The first kappa shape index (κ1) is 25.1. The van der Waals surface area contributed by atoms with Crippen LogP contribution in [0.25, 0.3) is 0 Å². The van der Waals surface area contributed by atoms with Gasteiger partial charge in [0.05, 0.1) is 30.7 Å². The molecule has 1 N–H and O–H groups in total. The van der Waals surface area contributed by atoms with Crippen LogP contribution >= 0.6 is 23.2 Å². The number of alkyl halides is 1. The zero-order valence-corrected chi connectivity index (χ0v) is 20.4. The van der Waals surface area contributed by atoms with Gasteiger partial charge in [0.25, 0.3) is 0 Å². The SMILES string of the molecule is CC(C)(c1ccc(OCCCN2CCOCC2)cc1)c1ccc(OCC(O)CCl)c(Cl)c1. The molecule has 1 saturated heterocycles. The van der Waals surface area contributed by atoms with E-state index in [4.69, 9.17) is 37.4 Å². The molecule has 0 aromatic heterocycles. The lowest BCUT2D eigenvalue weighted by atomic mass is 9.78. The van der Waals surface area contributed by atoms with E-state index in [1.807, 2.05) is 30.3 Å². The minimum absolute atomic E-state index is 0.111. The van der Waals surface area contributed by atoms with Crippen LogP contribution in [-0.4, -0.2) is 68.1 Å². The highest BCUT2D eigenvalue weighted by Gasteiger charge is 2.24. The zero-order valence-electron chi connectivity index (χ0n) is 18.9. The van der Waals surface area contributed by atoms with E-state index in [1.54, 1.807) is 0 Å². The Morgan fingerprint density at radius 3 is 2.41 bits per heavy atom. The van der Waals surface area contributed by atoms with E-state index in [9.17, 15) is 5.11 Å². The van der Waals surface area contributed by atoms with Crippen molar-refractivity contribution >= 4 is 23.2 Å². The molecule has 1 unspecified atom stereocenters. The van der Waals surface area contributed by atoms with Gasteiger partial charge < -0.3 is 19.3 Å². The van der Waals surface area contributed by atoms with E-state index in [1.165, 1.54) is 5.56 Å². The summed E-state index contributed by atoms with van der Waals surface area (Å²) in [6, 6.07) is 14.0. The summed E-state index contributed by atoms with van der Waals surface area (Å²) in [5.74, 6) is 1.54. The van der Waals surface area contributed by atoms with Crippen molar-refractivity contribution in [3.8, 4) is 11.5 Å². The Labute approximate surface area is 201 Å². The highest BCUT2D eigenvalue weighted by Crippen LogP contribution is 2.36. The molecule has 1 aliphatic heterocycles. The molecule has 1 heterocycles. The molecule has 3 rings (SSSR count). The number of hydrogen-bond acceptors (Lipinski definition) is 5. The van der Waals surface area contributed by atoms with Crippen molar-refractivity contribution in [3.63, 3.8) is 0 Å². The first-order chi connectivity index (χ1) is 15.4. The Balaban J connectivity index is 1.55. The van der Waals surface area contributed by atoms with E-state index < -0.39 is 6.10 Å². The third-order valence-electron chi connectivity index (χ3n) is 5.83. The third kappa shape index (κ3) is 7.00. The summed E-state index contributed by atoms with van der Waals surface area (Å²) in [7, 11) is 0. The quantitative estimate of drug-likeness (QED) is 0.370. The van der Waals surface area contributed by atoms with Crippen molar-refractivity contribution in [2.75, 3.05) is 51.9 Å². The maximum atomic E-state index is 9.58. The number of ether oxygens (including phenoxy) is 3. The van der Waals surface area contributed by atoms with E-state index >= 15 is 0 Å². The molecule has 0 saturated carbocycles. The Morgan fingerprint density at radius 2 is 1.75 bits per heavy atom. The second kappa shape index (κ2) is 12.1. The molecule has 2 aromatic carbocycles. The third-order valence-corrected chi connectivity index (χ3v) is 6.48. The molecule has 176 valence electrons. The van der Waals surface area contributed by atoms with Crippen LogP contribution in [0.5, 0.6) is 11.5 Å². The Hall–Kier alpha value is -1.50. The summed E-state index contributed by atoms with van der Waals surface area (Å²) < 4.78 is 16.9. The van der Waals surface area contributed by atoms with Crippen LogP contribution < -0.4 is 9.47 Å². The number of morpholine rings is 1. The number of benzene rings is 2. The first-order valence-corrected chi connectivity index (χ1v) is 12.0. The smallest absolute Gasteiger partial charge is 0.138 e. The lowest BCUT2D eigenvalue weighted by Gasteiger charge is -2.27. The second-order valence-corrected chi connectivity index (χ2v) is 9.29. The predicted octanol–water partition coefficient (Wildman–Crippen LogP) is 4.75. The van der Waals surface area contributed by atoms with Crippen molar-refractivity contribution in [2.24, 2.45) is 0 Å². The van der Waals surface area contributed by atoms with Crippen LogP contribution in [0.1, 0.15) is 31.4 Å². The predicted molar refractivity (Wildman–Crippen MR) is 130 cm³/mol. The maximum absolute atomic E-state index is 9.58. The van der Waals surface area contributed by atoms with Gasteiger partial charge in [0.15, 0.2) is 0 Å². The normalized spacial score (nSPS) is 16.0.